The molecule has 0 aliphatic rings. The Balaban J connectivity index is 2.23. The lowest BCUT2D eigenvalue weighted by atomic mass is 10.0. The number of carboxylic acid groups (broad SMARTS) is 1. The predicted molar refractivity (Wildman–Crippen MR) is 88.2 cm³/mol. The maximum absolute atomic E-state index is 13.0. The fourth-order valence-corrected chi connectivity index (χ4v) is 2.71. The number of hydrogen-bond donors (Lipinski definition) is 2. The van der Waals surface area contributed by atoms with Gasteiger partial charge in [-0.05, 0) is 29.8 Å². The van der Waals surface area contributed by atoms with Crippen molar-refractivity contribution in [1.29, 1.82) is 0 Å². The molecule has 8 heteroatoms. The van der Waals surface area contributed by atoms with Crippen molar-refractivity contribution in [1.82, 2.24) is 5.32 Å². The van der Waals surface area contributed by atoms with Crippen molar-refractivity contribution in [3.05, 3.63) is 69.7 Å². The fourth-order valence-electron chi connectivity index (χ4n) is 2.26. The van der Waals surface area contributed by atoms with Gasteiger partial charge in [0.2, 0.25) is 0 Å². The van der Waals surface area contributed by atoms with Crippen LogP contribution in [-0.2, 0) is 17.4 Å². The highest BCUT2D eigenvalue weighted by atomic mass is 79.9. The standard InChI is InChI=1S/C17H13BrF3NO3/c18-11-5-3-4-10(8-11)9-14(16(24)25)22-15(23)12-6-1-2-7-13(12)17(19,20)21/h1-8,14H,9H2,(H,22,23)(H,24,25)/t14-/m1/s1. The second kappa shape index (κ2) is 7.69. The Morgan fingerprint density at radius 1 is 1.12 bits per heavy atom. The van der Waals surface area contributed by atoms with E-state index in [0.29, 0.717) is 5.56 Å². The van der Waals surface area contributed by atoms with E-state index in [0.717, 1.165) is 22.7 Å². The van der Waals surface area contributed by atoms with Crippen LogP contribution in [0.4, 0.5) is 13.2 Å². The predicted octanol–water partition coefficient (Wildman–Crippen LogP) is 3.89. The number of carbonyl (C=O) groups excluding carboxylic acids is 1. The average molecular weight is 416 g/mol. The lowest BCUT2D eigenvalue weighted by Gasteiger charge is -2.17. The van der Waals surface area contributed by atoms with Gasteiger partial charge in [-0.25, -0.2) is 4.79 Å². The van der Waals surface area contributed by atoms with Crippen LogP contribution < -0.4 is 5.32 Å². The molecule has 0 spiro atoms. The molecule has 0 unspecified atom stereocenters. The molecule has 132 valence electrons. The first-order valence-corrected chi connectivity index (χ1v) is 7.92. The van der Waals surface area contributed by atoms with Crippen LogP contribution in [0.5, 0.6) is 0 Å². The minimum Gasteiger partial charge on any atom is -0.480 e. The number of hydrogen-bond acceptors (Lipinski definition) is 2. The van der Waals surface area contributed by atoms with Crippen molar-refractivity contribution < 1.29 is 27.9 Å². The van der Waals surface area contributed by atoms with Crippen LogP contribution in [0, 0.1) is 0 Å². The summed E-state index contributed by atoms with van der Waals surface area (Å²) in [5.74, 6) is -2.42. The summed E-state index contributed by atoms with van der Waals surface area (Å²) in [5.41, 5.74) is -1.11. The van der Waals surface area contributed by atoms with E-state index in [9.17, 15) is 27.9 Å². The third-order valence-corrected chi connectivity index (χ3v) is 3.90. The number of aliphatic carboxylic acids is 1. The molecule has 2 N–H and O–H groups in total. The Bertz CT molecular complexity index is 793. The highest BCUT2D eigenvalue weighted by Crippen LogP contribution is 2.31. The number of benzene rings is 2. The van der Waals surface area contributed by atoms with Crippen molar-refractivity contribution in [2.75, 3.05) is 0 Å². The molecule has 2 rings (SSSR count). The van der Waals surface area contributed by atoms with E-state index in [2.05, 4.69) is 21.2 Å². The van der Waals surface area contributed by atoms with Gasteiger partial charge in [-0.3, -0.25) is 4.79 Å². The van der Waals surface area contributed by atoms with Crippen molar-refractivity contribution in [3.63, 3.8) is 0 Å². The molecule has 1 amide bonds. The second-order valence-electron chi connectivity index (χ2n) is 5.24. The Morgan fingerprint density at radius 2 is 1.80 bits per heavy atom. The van der Waals surface area contributed by atoms with E-state index in [1.807, 2.05) is 0 Å². The summed E-state index contributed by atoms with van der Waals surface area (Å²) < 4.78 is 39.7. The van der Waals surface area contributed by atoms with Crippen LogP contribution in [-0.4, -0.2) is 23.0 Å². The van der Waals surface area contributed by atoms with Gasteiger partial charge in [0, 0.05) is 10.9 Å². The maximum Gasteiger partial charge on any atom is 0.417 e. The molecule has 0 saturated carbocycles. The normalized spacial score (nSPS) is 12.5. The Labute approximate surface area is 149 Å². The quantitative estimate of drug-likeness (QED) is 0.778. The van der Waals surface area contributed by atoms with E-state index in [1.165, 1.54) is 6.07 Å². The summed E-state index contributed by atoms with van der Waals surface area (Å²) >= 11 is 3.25. The van der Waals surface area contributed by atoms with Crippen molar-refractivity contribution in [2.24, 2.45) is 0 Å². The first kappa shape index (κ1) is 19.0. The molecule has 0 heterocycles. The molecule has 0 bridgehead atoms. The Morgan fingerprint density at radius 3 is 2.40 bits per heavy atom. The highest BCUT2D eigenvalue weighted by Gasteiger charge is 2.35. The zero-order valence-corrected chi connectivity index (χ0v) is 14.3. The molecular formula is C17H13BrF3NO3. The Hall–Kier alpha value is -2.35. The molecule has 25 heavy (non-hydrogen) atoms. The third-order valence-electron chi connectivity index (χ3n) is 3.41. The van der Waals surface area contributed by atoms with Crippen LogP contribution in [0.15, 0.2) is 53.0 Å². The molecule has 0 fully saturated rings. The van der Waals surface area contributed by atoms with Gasteiger partial charge in [0.15, 0.2) is 0 Å². The summed E-state index contributed by atoms with van der Waals surface area (Å²) in [7, 11) is 0. The minimum absolute atomic E-state index is 0.0608. The molecule has 0 aromatic heterocycles. The largest absolute Gasteiger partial charge is 0.480 e. The van der Waals surface area contributed by atoms with E-state index in [4.69, 9.17) is 0 Å². The van der Waals surface area contributed by atoms with Gasteiger partial charge in [0.05, 0.1) is 11.1 Å². The average Bonchev–Trinajstić information content (AvgIpc) is 2.53. The van der Waals surface area contributed by atoms with Crippen LogP contribution in [0.1, 0.15) is 21.5 Å². The Kier molecular flexibility index (Phi) is 5.84. The van der Waals surface area contributed by atoms with Gasteiger partial charge in [0.25, 0.3) is 5.91 Å². The fraction of sp³-hybridized carbons (Fsp3) is 0.176. The van der Waals surface area contributed by atoms with Gasteiger partial charge in [-0.1, -0.05) is 40.2 Å². The number of halogens is 4. The van der Waals surface area contributed by atoms with Gasteiger partial charge in [-0.2, -0.15) is 13.2 Å². The summed E-state index contributed by atoms with van der Waals surface area (Å²) in [6.45, 7) is 0. The zero-order chi connectivity index (χ0) is 18.6. The lowest BCUT2D eigenvalue weighted by Crippen LogP contribution is -2.42. The maximum atomic E-state index is 13.0. The van der Waals surface area contributed by atoms with E-state index in [1.54, 1.807) is 24.3 Å². The first-order chi connectivity index (χ1) is 11.7. The number of alkyl halides is 3. The molecule has 0 aliphatic carbocycles. The van der Waals surface area contributed by atoms with Crippen molar-refractivity contribution in [3.8, 4) is 0 Å². The van der Waals surface area contributed by atoms with Crippen molar-refractivity contribution in [2.45, 2.75) is 18.6 Å². The topological polar surface area (TPSA) is 66.4 Å². The van der Waals surface area contributed by atoms with Crippen LogP contribution in [0.25, 0.3) is 0 Å². The van der Waals surface area contributed by atoms with Gasteiger partial charge >= 0.3 is 12.1 Å². The smallest absolute Gasteiger partial charge is 0.417 e. The highest BCUT2D eigenvalue weighted by molar-refractivity contribution is 9.10. The zero-order valence-electron chi connectivity index (χ0n) is 12.7. The summed E-state index contributed by atoms with van der Waals surface area (Å²) in [5, 5.41) is 11.4. The van der Waals surface area contributed by atoms with Crippen LogP contribution >= 0.6 is 15.9 Å². The molecule has 1 atom stereocenters. The number of carbonyl (C=O) groups is 2. The summed E-state index contributed by atoms with van der Waals surface area (Å²) in [4.78, 5) is 23.6. The third kappa shape index (κ3) is 5.06. The minimum atomic E-state index is -4.71. The monoisotopic (exact) mass is 415 g/mol. The SMILES string of the molecule is O=C(N[C@H](Cc1cccc(Br)c1)C(=O)O)c1ccccc1C(F)(F)F. The summed E-state index contributed by atoms with van der Waals surface area (Å²) in [6.07, 6.45) is -4.77. The van der Waals surface area contributed by atoms with Crippen molar-refractivity contribution >= 4 is 27.8 Å². The van der Waals surface area contributed by atoms with Gasteiger partial charge in [-0.15, -0.1) is 0 Å². The molecule has 0 radical (unpaired) electrons. The van der Waals surface area contributed by atoms with E-state index < -0.39 is 35.2 Å². The first-order valence-electron chi connectivity index (χ1n) is 7.13. The number of rotatable bonds is 5. The van der Waals surface area contributed by atoms with Crippen LogP contribution in [0.3, 0.4) is 0 Å². The van der Waals surface area contributed by atoms with E-state index >= 15 is 0 Å². The second-order valence-corrected chi connectivity index (χ2v) is 6.16. The number of carboxylic acids is 1. The van der Waals surface area contributed by atoms with Gasteiger partial charge in [0.1, 0.15) is 6.04 Å². The molecule has 4 nitrogen and oxygen atoms in total. The molecule has 2 aromatic carbocycles. The molecule has 0 aliphatic heterocycles. The summed E-state index contributed by atoms with van der Waals surface area (Å²) in [6, 6.07) is 9.65. The molecule has 0 saturated heterocycles. The lowest BCUT2D eigenvalue weighted by molar-refractivity contribution is -0.139. The van der Waals surface area contributed by atoms with Crippen LogP contribution in [0.2, 0.25) is 0 Å². The van der Waals surface area contributed by atoms with E-state index in [-0.39, 0.29) is 6.42 Å². The number of nitrogens with one attached hydrogen (secondary N) is 1. The molecular weight excluding hydrogens is 403 g/mol. The van der Waals surface area contributed by atoms with Gasteiger partial charge < -0.3 is 10.4 Å². The molecule has 2 aromatic rings. The number of amides is 1.